The predicted molar refractivity (Wildman–Crippen MR) is 99.9 cm³/mol. The van der Waals surface area contributed by atoms with Crippen molar-refractivity contribution in [1.29, 1.82) is 0 Å². The number of aliphatic hydroxyl groups is 1. The second-order valence-corrected chi connectivity index (χ2v) is 6.00. The first-order chi connectivity index (χ1) is 12.1. The number of likely N-dealkylation sites (N-methyl/N-ethyl adjacent to an activating group) is 1. The van der Waals surface area contributed by atoms with Gasteiger partial charge in [0.2, 0.25) is 5.91 Å². The maximum absolute atomic E-state index is 12.6. The van der Waals surface area contributed by atoms with Crippen LogP contribution in [-0.4, -0.2) is 40.8 Å². The highest BCUT2D eigenvalue weighted by Gasteiger charge is 2.17. The molecule has 130 valence electrons. The first-order valence-electron chi connectivity index (χ1n) is 8.24. The van der Waals surface area contributed by atoms with Crippen molar-refractivity contribution in [2.45, 2.75) is 13.0 Å². The second kappa shape index (κ2) is 7.36. The number of hydrogen-bond acceptors (Lipinski definition) is 4. The molecule has 0 aliphatic heterocycles. The van der Waals surface area contributed by atoms with Crippen LogP contribution in [0.4, 0.5) is 11.4 Å². The zero-order valence-electron chi connectivity index (χ0n) is 14.4. The summed E-state index contributed by atoms with van der Waals surface area (Å²) in [6.07, 6.45) is 1.70. The highest BCUT2D eigenvalue weighted by molar-refractivity contribution is 5.94. The minimum absolute atomic E-state index is 0.0976. The van der Waals surface area contributed by atoms with E-state index in [9.17, 15) is 4.79 Å². The fourth-order valence-electron chi connectivity index (χ4n) is 2.74. The van der Waals surface area contributed by atoms with Crippen LogP contribution >= 0.6 is 0 Å². The maximum Gasteiger partial charge on any atom is 0.247 e. The fraction of sp³-hybridized carbons (Fsp3) is 0.263. The van der Waals surface area contributed by atoms with Crippen LogP contribution in [-0.2, 0) is 4.79 Å². The Morgan fingerprint density at radius 2 is 1.96 bits per heavy atom. The van der Waals surface area contributed by atoms with E-state index in [1.165, 1.54) is 0 Å². The minimum atomic E-state index is -0.371. The molecule has 0 aliphatic carbocycles. The average Bonchev–Trinajstić information content (AvgIpc) is 3.06. The molecule has 0 saturated heterocycles. The number of nitrogens with zero attached hydrogens (tertiary/aromatic N) is 3. The van der Waals surface area contributed by atoms with Crippen molar-refractivity contribution in [3.8, 4) is 0 Å². The predicted octanol–water partition coefficient (Wildman–Crippen LogP) is 2.66. The van der Waals surface area contributed by atoms with Crippen molar-refractivity contribution >= 4 is 28.3 Å². The zero-order chi connectivity index (χ0) is 17.8. The van der Waals surface area contributed by atoms with E-state index in [0.717, 1.165) is 22.4 Å². The lowest BCUT2D eigenvalue weighted by atomic mass is 10.2. The van der Waals surface area contributed by atoms with Crippen LogP contribution in [0.15, 0.2) is 54.9 Å². The van der Waals surface area contributed by atoms with E-state index in [2.05, 4.69) is 10.3 Å². The number of nitrogens with one attached hydrogen (secondary N) is 1. The molecule has 0 bridgehead atoms. The molecule has 0 spiro atoms. The molecular formula is C19H22N4O2. The summed E-state index contributed by atoms with van der Waals surface area (Å²) in [5, 5.41) is 11.9. The van der Waals surface area contributed by atoms with Crippen LogP contribution in [0, 0.1) is 0 Å². The molecule has 1 unspecified atom stereocenters. The first kappa shape index (κ1) is 17.0. The first-order valence-corrected chi connectivity index (χ1v) is 8.24. The Labute approximate surface area is 146 Å². The van der Waals surface area contributed by atoms with Gasteiger partial charge in [-0.2, -0.15) is 0 Å². The van der Waals surface area contributed by atoms with Crippen LogP contribution in [0.5, 0.6) is 0 Å². The quantitative estimate of drug-likeness (QED) is 0.725. The molecule has 1 aromatic heterocycles. The molecule has 0 fully saturated rings. The fourth-order valence-corrected chi connectivity index (χ4v) is 2.74. The summed E-state index contributed by atoms with van der Waals surface area (Å²) in [5.41, 5.74) is 3.53. The van der Waals surface area contributed by atoms with Gasteiger partial charge in [0.15, 0.2) is 0 Å². The molecule has 1 atom stereocenters. The number of para-hydroxylation sites is 2. The van der Waals surface area contributed by atoms with Gasteiger partial charge < -0.3 is 19.9 Å². The number of carbonyl (C=O) groups is 1. The van der Waals surface area contributed by atoms with Crippen LogP contribution in [0.25, 0.3) is 11.0 Å². The topological polar surface area (TPSA) is 70.4 Å². The van der Waals surface area contributed by atoms with Crippen molar-refractivity contribution in [2.24, 2.45) is 0 Å². The summed E-state index contributed by atoms with van der Waals surface area (Å²) in [7, 11) is 1.91. The third-order valence-corrected chi connectivity index (χ3v) is 4.29. The molecule has 0 aliphatic rings. The third-order valence-electron chi connectivity index (χ3n) is 4.29. The molecule has 1 amide bonds. The van der Waals surface area contributed by atoms with E-state index in [-0.39, 0.29) is 18.6 Å². The molecule has 1 heterocycles. The molecule has 6 heteroatoms. The van der Waals surface area contributed by atoms with Crippen LogP contribution in [0.2, 0.25) is 0 Å². The van der Waals surface area contributed by atoms with Crippen molar-refractivity contribution in [3.05, 3.63) is 54.9 Å². The summed E-state index contributed by atoms with van der Waals surface area (Å²) in [4.78, 5) is 18.9. The number of rotatable bonds is 6. The Kier molecular flexibility index (Phi) is 5.00. The number of amides is 1. The van der Waals surface area contributed by atoms with Gasteiger partial charge in [-0.1, -0.05) is 12.1 Å². The minimum Gasteiger partial charge on any atom is -0.395 e. The summed E-state index contributed by atoms with van der Waals surface area (Å²) < 4.78 is 1.87. The monoisotopic (exact) mass is 338 g/mol. The summed E-state index contributed by atoms with van der Waals surface area (Å²) in [5.74, 6) is -0.0976. The summed E-state index contributed by atoms with van der Waals surface area (Å²) in [6, 6.07) is 14.9. The highest BCUT2D eigenvalue weighted by Crippen LogP contribution is 2.20. The van der Waals surface area contributed by atoms with Gasteiger partial charge in [0.25, 0.3) is 0 Å². The van der Waals surface area contributed by atoms with Crippen molar-refractivity contribution in [2.75, 3.05) is 30.4 Å². The lowest BCUT2D eigenvalue weighted by Gasteiger charge is -2.19. The van der Waals surface area contributed by atoms with E-state index in [4.69, 9.17) is 5.11 Å². The molecule has 3 aromatic rings. The Balaban J connectivity index is 1.71. The average molecular weight is 338 g/mol. The number of hydrogen-bond donors (Lipinski definition) is 2. The number of imidazole rings is 1. The molecule has 2 N–H and O–H groups in total. The van der Waals surface area contributed by atoms with Gasteiger partial charge in [-0.3, -0.25) is 4.79 Å². The van der Waals surface area contributed by atoms with Gasteiger partial charge in [-0.25, -0.2) is 4.98 Å². The normalized spacial score (nSPS) is 12.1. The molecular weight excluding hydrogens is 316 g/mol. The number of benzene rings is 2. The zero-order valence-corrected chi connectivity index (χ0v) is 14.4. The van der Waals surface area contributed by atoms with Gasteiger partial charge in [0.1, 0.15) is 6.04 Å². The number of carbonyl (C=O) groups excluding carboxylic acids is 1. The number of fused-ring (bicyclic) bond motifs is 1. The molecule has 0 radical (unpaired) electrons. The van der Waals surface area contributed by atoms with Gasteiger partial charge in [-0.15, -0.1) is 0 Å². The molecule has 6 nitrogen and oxygen atoms in total. The van der Waals surface area contributed by atoms with Crippen LogP contribution < -0.4 is 10.2 Å². The maximum atomic E-state index is 12.6. The van der Waals surface area contributed by atoms with Gasteiger partial charge in [0.05, 0.1) is 24.0 Å². The number of anilines is 2. The Morgan fingerprint density at radius 1 is 1.24 bits per heavy atom. The number of aliphatic hydroxyl groups excluding tert-OH is 1. The van der Waals surface area contributed by atoms with Gasteiger partial charge in [0, 0.05) is 25.0 Å². The van der Waals surface area contributed by atoms with E-state index in [1.807, 2.05) is 72.0 Å². The van der Waals surface area contributed by atoms with E-state index >= 15 is 0 Å². The standard InChI is InChI=1S/C19H22N4O2/c1-14(23-13-20-17-5-3-4-6-18(17)23)19(25)21-15-7-9-16(10-8-15)22(2)11-12-24/h3-10,13-14,24H,11-12H2,1-2H3,(H,21,25). The Morgan fingerprint density at radius 3 is 2.68 bits per heavy atom. The second-order valence-electron chi connectivity index (χ2n) is 6.00. The summed E-state index contributed by atoms with van der Waals surface area (Å²) >= 11 is 0. The lowest BCUT2D eigenvalue weighted by molar-refractivity contribution is -0.118. The molecule has 0 saturated carbocycles. The largest absolute Gasteiger partial charge is 0.395 e. The van der Waals surface area contributed by atoms with Crippen molar-refractivity contribution < 1.29 is 9.90 Å². The third kappa shape index (κ3) is 3.64. The molecule has 2 aromatic carbocycles. The van der Waals surface area contributed by atoms with Gasteiger partial charge >= 0.3 is 0 Å². The van der Waals surface area contributed by atoms with E-state index < -0.39 is 0 Å². The van der Waals surface area contributed by atoms with Crippen molar-refractivity contribution in [3.63, 3.8) is 0 Å². The van der Waals surface area contributed by atoms with Gasteiger partial charge in [-0.05, 0) is 43.3 Å². The molecule has 25 heavy (non-hydrogen) atoms. The van der Waals surface area contributed by atoms with Crippen LogP contribution in [0.3, 0.4) is 0 Å². The number of aromatic nitrogens is 2. The lowest BCUT2D eigenvalue weighted by Crippen LogP contribution is -2.23. The smallest absolute Gasteiger partial charge is 0.247 e. The SMILES string of the molecule is CC(C(=O)Nc1ccc(N(C)CCO)cc1)n1cnc2ccccc21. The van der Waals surface area contributed by atoms with Crippen molar-refractivity contribution in [1.82, 2.24) is 9.55 Å². The molecule has 3 rings (SSSR count). The Hall–Kier alpha value is -2.86. The summed E-state index contributed by atoms with van der Waals surface area (Å²) in [6.45, 7) is 2.52. The Bertz CT molecular complexity index is 857. The van der Waals surface area contributed by atoms with E-state index in [1.54, 1.807) is 6.33 Å². The van der Waals surface area contributed by atoms with E-state index in [0.29, 0.717) is 6.54 Å². The highest BCUT2D eigenvalue weighted by atomic mass is 16.3. The van der Waals surface area contributed by atoms with Crippen LogP contribution in [0.1, 0.15) is 13.0 Å².